The first-order valence-electron chi connectivity index (χ1n) is 4.85. The Labute approximate surface area is 93.6 Å². The van der Waals surface area contributed by atoms with Crippen LogP contribution in [0.5, 0.6) is 5.75 Å². The van der Waals surface area contributed by atoms with Crippen molar-refractivity contribution in [2.75, 3.05) is 20.7 Å². The van der Waals surface area contributed by atoms with Crippen LogP contribution in [0.4, 0.5) is 8.78 Å². The van der Waals surface area contributed by atoms with Gasteiger partial charge >= 0.3 is 0 Å². The molecule has 1 N–H and O–H groups in total. The number of ether oxygens (including phenoxy) is 1. The molecular formula is C12H13F2NO. The van der Waals surface area contributed by atoms with E-state index < -0.39 is 11.6 Å². The van der Waals surface area contributed by atoms with Crippen molar-refractivity contribution in [2.24, 2.45) is 0 Å². The molecule has 0 amide bonds. The third kappa shape index (κ3) is 3.21. The van der Waals surface area contributed by atoms with Crippen LogP contribution >= 0.6 is 0 Å². The largest absolute Gasteiger partial charge is 0.495 e. The Morgan fingerprint density at radius 1 is 1.31 bits per heavy atom. The fourth-order valence-corrected chi connectivity index (χ4v) is 1.14. The predicted octanol–water partition coefficient (Wildman–Crippen LogP) is 1.93. The maximum Gasteiger partial charge on any atom is 0.162 e. The van der Waals surface area contributed by atoms with Crippen LogP contribution in [0.25, 0.3) is 0 Å². The van der Waals surface area contributed by atoms with E-state index in [-0.39, 0.29) is 5.75 Å². The van der Waals surface area contributed by atoms with E-state index in [1.807, 2.05) is 7.05 Å². The van der Waals surface area contributed by atoms with Gasteiger partial charge in [-0.3, -0.25) is 0 Å². The molecule has 1 aromatic rings. The van der Waals surface area contributed by atoms with E-state index >= 15 is 0 Å². The van der Waals surface area contributed by atoms with E-state index in [0.717, 1.165) is 18.7 Å². The van der Waals surface area contributed by atoms with Gasteiger partial charge in [0, 0.05) is 19.0 Å². The molecule has 0 bridgehead atoms. The van der Waals surface area contributed by atoms with E-state index in [1.54, 1.807) is 0 Å². The van der Waals surface area contributed by atoms with Gasteiger partial charge in [0.25, 0.3) is 0 Å². The van der Waals surface area contributed by atoms with Gasteiger partial charge in [-0.2, -0.15) is 0 Å². The van der Waals surface area contributed by atoms with Crippen molar-refractivity contribution in [3.63, 3.8) is 0 Å². The standard InChI is InChI=1S/C12H13F2NO/c1-15-6-4-3-5-9-7-10(13)11(14)8-12(9)16-2/h7-8,15H,4,6H2,1-2H3. The average Bonchev–Trinajstić information content (AvgIpc) is 2.28. The summed E-state index contributed by atoms with van der Waals surface area (Å²) in [6.45, 7) is 0.749. The first kappa shape index (κ1) is 12.5. The third-order valence-electron chi connectivity index (χ3n) is 1.97. The highest BCUT2D eigenvalue weighted by molar-refractivity contribution is 5.46. The second-order valence-corrected chi connectivity index (χ2v) is 3.12. The smallest absolute Gasteiger partial charge is 0.162 e. The Hall–Kier alpha value is -1.60. The summed E-state index contributed by atoms with van der Waals surface area (Å²) < 4.78 is 30.7. The minimum absolute atomic E-state index is 0.246. The van der Waals surface area contributed by atoms with Crippen LogP contribution in [0.3, 0.4) is 0 Å². The maximum absolute atomic E-state index is 13.0. The minimum Gasteiger partial charge on any atom is -0.495 e. The molecule has 0 aliphatic rings. The summed E-state index contributed by atoms with van der Waals surface area (Å²) in [6, 6.07) is 2.04. The lowest BCUT2D eigenvalue weighted by Gasteiger charge is -2.03. The summed E-state index contributed by atoms with van der Waals surface area (Å²) in [7, 11) is 3.21. The molecule has 1 aromatic carbocycles. The SMILES string of the molecule is CNCCC#Cc1cc(F)c(F)cc1OC. The summed E-state index contributed by atoms with van der Waals surface area (Å²) in [5, 5.41) is 2.94. The number of hydrogen-bond donors (Lipinski definition) is 1. The highest BCUT2D eigenvalue weighted by atomic mass is 19.2. The first-order chi connectivity index (χ1) is 7.69. The summed E-state index contributed by atoms with van der Waals surface area (Å²) in [4.78, 5) is 0. The number of nitrogens with one attached hydrogen (secondary N) is 1. The van der Waals surface area contributed by atoms with Crippen LogP contribution in [0.1, 0.15) is 12.0 Å². The van der Waals surface area contributed by atoms with Crippen LogP contribution < -0.4 is 10.1 Å². The van der Waals surface area contributed by atoms with Gasteiger partial charge in [-0.25, -0.2) is 8.78 Å². The zero-order valence-electron chi connectivity index (χ0n) is 9.23. The third-order valence-corrected chi connectivity index (χ3v) is 1.97. The Morgan fingerprint density at radius 3 is 2.62 bits per heavy atom. The molecule has 0 aromatic heterocycles. The van der Waals surface area contributed by atoms with Crippen LogP contribution in [0, 0.1) is 23.5 Å². The monoisotopic (exact) mass is 225 g/mol. The van der Waals surface area contributed by atoms with Gasteiger partial charge in [-0.1, -0.05) is 11.8 Å². The molecule has 0 saturated carbocycles. The zero-order chi connectivity index (χ0) is 12.0. The molecule has 0 saturated heterocycles. The molecule has 2 nitrogen and oxygen atoms in total. The fourth-order valence-electron chi connectivity index (χ4n) is 1.14. The number of halogens is 2. The molecular weight excluding hydrogens is 212 g/mol. The van der Waals surface area contributed by atoms with E-state index in [0.29, 0.717) is 12.0 Å². The van der Waals surface area contributed by atoms with E-state index in [9.17, 15) is 8.78 Å². The molecule has 0 radical (unpaired) electrons. The van der Waals surface area contributed by atoms with Crippen molar-refractivity contribution < 1.29 is 13.5 Å². The first-order valence-corrected chi connectivity index (χ1v) is 4.85. The van der Waals surface area contributed by atoms with E-state index in [1.165, 1.54) is 7.11 Å². The second kappa shape index (κ2) is 6.09. The van der Waals surface area contributed by atoms with Crippen molar-refractivity contribution in [1.82, 2.24) is 5.32 Å². The molecule has 0 atom stereocenters. The number of hydrogen-bond acceptors (Lipinski definition) is 2. The lowest BCUT2D eigenvalue weighted by molar-refractivity contribution is 0.405. The van der Waals surface area contributed by atoms with E-state index in [4.69, 9.17) is 4.74 Å². The molecule has 0 fully saturated rings. The van der Waals surface area contributed by atoms with Crippen LogP contribution in [0.2, 0.25) is 0 Å². The molecule has 0 aliphatic heterocycles. The highest BCUT2D eigenvalue weighted by Gasteiger charge is 2.08. The molecule has 4 heteroatoms. The summed E-state index contributed by atoms with van der Waals surface area (Å²) >= 11 is 0. The number of methoxy groups -OCH3 is 1. The van der Waals surface area contributed by atoms with E-state index in [2.05, 4.69) is 17.2 Å². The van der Waals surface area contributed by atoms with Crippen molar-refractivity contribution in [3.8, 4) is 17.6 Å². The van der Waals surface area contributed by atoms with Crippen molar-refractivity contribution in [2.45, 2.75) is 6.42 Å². The maximum atomic E-state index is 13.0. The average molecular weight is 225 g/mol. The van der Waals surface area contributed by atoms with Gasteiger partial charge in [0.15, 0.2) is 11.6 Å². The van der Waals surface area contributed by atoms with Gasteiger partial charge in [0.05, 0.1) is 12.7 Å². The lowest BCUT2D eigenvalue weighted by Crippen LogP contribution is -2.05. The lowest BCUT2D eigenvalue weighted by atomic mass is 10.2. The van der Waals surface area contributed by atoms with Crippen LogP contribution in [-0.4, -0.2) is 20.7 Å². The Kier molecular flexibility index (Phi) is 4.74. The predicted molar refractivity (Wildman–Crippen MR) is 58.3 cm³/mol. The van der Waals surface area contributed by atoms with Gasteiger partial charge in [0.1, 0.15) is 5.75 Å². The fraction of sp³-hybridized carbons (Fsp3) is 0.333. The van der Waals surface area contributed by atoms with Gasteiger partial charge in [-0.15, -0.1) is 0 Å². The molecule has 16 heavy (non-hydrogen) atoms. The molecule has 0 aliphatic carbocycles. The van der Waals surface area contributed by atoms with Gasteiger partial charge in [0.2, 0.25) is 0 Å². The molecule has 86 valence electrons. The Balaban J connectivity index is 2.92. The molecule has 1 rings (SSSR count). The Morgan fingerprint density at radius 2 is 2.00 bits per heavy atom. The van der Waals surface area contributed by atoms with Gasteiger partial charge < -0.3 is 10.1 Å². The normalized spacial score (nSPS) is 9.50. The molecule has 0 unspecified atom stereocenters. The molecule has 0 spiro atoms. The van der Waals surface area contributed by atoms with Crippen molar-refractivity contribution in [1.29, 1.82) is 0 Å². The quantitative estimate of drug-likeness (QED) is 0.627. The zero-order valence-corrected chi connectivity index (χ0v) is 9.23. The number of rotatable bonds is 3. The van der Waals surface area contributed by atoms with Crippen molar-refractivity contribution >= 4 is 0 Å². The molecule has 0 heterocycles. The minimum atomic E-state index is -0.933. The summed E-state index contributed by atoms with van der Waals surface area (Å²) in [5.74, 6) is 3.98. The highest BCUT2D eigenvalue weighted by Crippen LogP contribution is 2.20. The summed E-state index contributed by atoms with van der Waals surface area (Å²) in [6.07, 6.45) is 0.638. The van der Waals surface area contributed by atoms with Crippen molar-refractivity contribution in [3.05, 3.63) is 29.3 Å². The second-order valence-electron chi connectivity index (χ2n) is 3.12. The number of benzene rings is 1. The van der Waals surface area contributed by atoms with Gasteiger partial charge in [-0.05, 0) is 13.1 Å². The van der Waals surface area contributed by atoms with Crippen LogP contribution in [-0.2, 0) is 0 Å². The van der Waals surface area contributed by atoms with Crippen LogP contribution in [0.15, 0.2) is 12.1 Å². The Bertz CT molecular complexity index is 421. The summed E-state index contributed by atoms with van der Waals surface area (Å²) in [5.41, 5.74) is 0.359. The topological polar surface area (TPSA) is 21.3 Å².